The van der Waals surface area contributed by atoms with Crippen LogP contribution in [0.1, 0.15) is 40.5 Å². The first-order valence-corrected chi connectivity index (χ1v) is 8.93. The number of likely N-dealkylation sites (tertiary alicyclic amines) is 1. The Morgan fingerprint density at radius 3 is 2.63 bits per heavy atom. The molecule has 1 saturated heterocycles. The molecule has 2 N–H and O–H groups in total. The zero-order chi connectivity index (χ0) is 20.0. The Kier molecular flexibility index (Phi) is 6.92. The van der Waals surface area contributed by atoms with Crippen LogP contribution < -0.4 is 5.73 Å². The van der Waals surface area contributed by atoms with Crippen LogP contribution in [0.15, 0.2) is 24.3 Å². The van der Waals surface area contributed by atoms with Crippen LogP contribution in [0.4, 0.5) is 0 Å². The van der Waals surface area contributed by atoms with Crippen molar-refractivity contribution in [2.24, 2.45) is 11.7 Å². The number of nitrogens with zero attached hydrogens (tertiary/aromatic N) is 2. The van der Waals surface area contributed by atoms with Gasteiger partial charge in [0.25, 0.3) is 5.91 Å². The molecule has 0 spiro atoms. The highest BCUT2D eigenvalue weighted by Gasteiger charge is 2.30. The minimum Gasteiger partial charge on any atom is -0.466 e. The summed E-state index contributed by atoms with van der Waals surface area (Å²) >= 11 is 0. The molecule has 1 aliphatic rings. The molecule has 2 rings (SSSR count). The zero-order valence-electron chi connectivity index (χ0n) is 15.6. The molecule has 8 heteroatoms. The average Bonchev–Trinajstić information content (AvgIpc) is 2.67. The summed E-state index contributed by atoms with van der Waals surface area (Å²) in [6.45, 7) is 2.79. The van der Waals surface area contributed by atoms with Crippen LogP contribution >= 0.6 is 0 Å². The van der Waals surface area contributed by atoms with Gasteiger partial charge in [-0.1, -0.05) is 6.07 Å². The van der Waals surface area contributed by atoms with E-state index in [1.54, 1.807) is 24.0 Å². The first-order chi connectivity index (χ1) is 12.8. The Morgan fingerprint density at radius 1 is 1.26 bits per heavy atom. The van der Waals surface area contributed by atoms with Gasteiger partial charge in [0.2, 0.25) is 11.8 Å². The van der Waals surface area contributed by atoms with Gasteiger partial charge in [0.15, 0.2) is 0 Å². The third-order valence-corrected chi connectivity index (χ3v) is 4.51. The largest absolute Gasteiger partial charge is 0.466 e. The minimum absolute atomic E-state index is 0.116. The maximum atomic E-state index is 12.6. The van der Waals surface area contributed by atoms with Crippen LogP contribution in [0.25, 0.3) is 0 Å². The van der Waals surface area contributed by atoms with E-state index in [0.717, 1.165) is 0 Å². The lowest BCUT2D eigenvalue weighted by atomic mass is 9.98. The highest BCUT2D eigenvalue weighted by molar-refractivity contribution is 6.00. The van der Waals surface area contributed by atoms with Gasteiger partial charge in [-0.2, -0.15) is 0 Å². The van der Waals surface area contributed by atoms with Crippen molar-refractivity contribution in [3.8, 4) is 0 Å². The lowest BCUT2D eigenvalue weighted by molar-refractivity contribution is -0.151. The molecular formula is C19H25N3O5. The van der Waals surface area contributed by atoms with Crippen LogP contribution in [0.5, 0.6) is 0 Å². The lowest BCUT2D eigenvalue weighted by Gasteiger charge is -2.32. The van der Waals surface area contributed by atoms with E-state index in [1.807, 2.05) is 0 Å². The Balaban J connectivity index is 1.98. The van der Waals surface area contributed by atoms with E-state index in [2.05, 4.69) is 0 Å². The van der Waals surface area contributed by atoms with E-state index >= 15 is 0 Å². The fourth-order valence-corrected chi connectivity index (χ4v) is 3.06. The van der Waals surface area contributed by atoms with E-state index in [0.29, 0.717) is 32.5 Å². The van der Waals surface area contributed by atoms with Gasteiger partial charge in [-0.15, -0.1) is 0 Å². The summed E-state index contributed by atoms with van der Waals surface area (Å²) in [4.78, 5) is 51.1. The molecule has 27 heavy (non-hydrogen) atoms. The van der Waals surface area contributed by atoms with E-state index < -0.39 is 5.91 Å². The molecule has 1 fully saturated rings. The maximum absolute atomic E-state index is 12.6. The first-order valence-electron chi connectivity index (χ1n) is 8.93. The van der Waals surface area contributed by atoms with Gasteiger partial charge >= 0.3 is 5.97 Å². The predicted molar refractivity (Wildman–Crippen MR) is 97.9 cm³/mol. The number of likely N-dealkylation sites (N-methyl/N-ethyl adjacent to an activating group) is 1. The quantitative estimate of drug-likeness (QED) is 0.735. The molecule has 146 valence electrons. The monoisotopic (exact) mass is 375 g/mol. The van der Waals surface area contributed by atoms with Gasteiger partial charge in [-0.3, -0.25) is 19.2 Å². The summed E-state index contributed by atoms with van der Waals surface area (Å²) in [6.07, 6.45) is 1.41. The van der Waals surface area contributed by atoms with Crippen molar-refractivity contribution < 1.29 is 23.9 Å². The van der Waals surface area contributed by atoms with Crippen molar-refractivity contribution in [3.63, 3.8) is 0 Å². The molecule has 0 radical (unpaired) electrons. The number of ether oxygens (including phenoxy) is 1. The summed E-state index contributed by atoms with van der Waals surface area (Å²) in [5.74, 6) is -1.85. The fourth-order valence-electron chi connectivity index (χ4n) is 3.06. The molecule has 1 unspecified atom stereocenters. The van der Waals surface area contributed by atoms with Crippen molar-refractivity contribution in [2.75, 3.05) is 33.3 Å². The number of primary amides is 1. The molecule has 1 atom stereocenters. The number of carbonyl (C=O) groups is 4. The molecular weight excluding hydrogens is 350 g/mol. The maximum Gasteiger partial charge on any atom is 0.310 e. The van der Waals surface area contributed by atoms with Crippen molar-refractivity contribution >= 4 is 23.7 Å². The van der Waals surface area contributed by atoms with Gasteiger partial charge in [0.1, 0.15) is 0 Å². The van der Waals surface area contributed by atoms with E-state index in [9.17, 15) is 19.2 Å². The van der Waals surface area contributed by atoms with Gasteiger partial charge in [-0.05, 0) is 38.0 Å². The second-order valence-electron chi connectivity index (χ2n) is 6.54. The van der Waals surface area contributed by atoms with Gasteiger partial charge < -0.3 is 20.3 Å². The molecule has 8 nitrogen and oxygen atoms in total. The molecule has 0 bridgehead atoms. The molecule has 1 aromatic rings. The topological polar surface area (TPSA) is 110 Å². The normalized spacial score (nSPS) is 16.5. The SMILES string of the molecule is CCOC(=O)C1CCCN(C(=O)CN(C)C(=O)c2cccc(C(N)=O)c2)C1. The van der Waals surface area contributed by atoms with Crippen LogP contribution in [-0.2, 0) is 14.3 Å². The van der Waals surface area contributed by atoms with Gasteiger partial charge in [0.05, 0.1) is 19.1 Å². The van der Waals surface area contributed by atoms with E-state index in [4.69, 9.17) is 10.5 Å². The molecule has 1 aromatic carbocycles. The summed E-state index contributed by atoms with van der Waals surface area (Å²) in [7, 11) is 1.52. The first kappa shape index (κ1) is 20.4. The average molecular weight is 375 g/mol. The fraction of sp³-hybridized carbons (Fsp3) is 0.474. The second-order valence-corrected chi connectivity index (χ2v) is 6.54. The number of esters is 1. The number of amides is 3. The highest BCUT2D eigenvalue weighted by Crippen LogP contribution is 2.18. The minimum atomic E-state index is -0.623. The Morgan fingerprint density at radius 2 is 1.96 bits per heavy atom. The van der Waals surface area contributed by atoms with E-state index in [1.165, 1.54) is 24.1 Å². The summed E-state index contributed by atoms with van der Waals surface area (Å²) in [5, 5.41) is 0. The van der Waals surface area contributed by atoms with E-state index in [-0.39, 0.29) is 41.4 Å². The number of rotatable bonds is 6. The van der Waals surface area contributed by atoms with Crippen LogP contribution in [0, 0.1) is 5.92 Å². The smallest absolute Gasteiger partial charge is 0.310 e. The van der Waals surface area contributed by atoms with Gasteiger partial charge in [-0.25, -0.2) is 0 Å². The molecule has 1 heterocycles. The standard InChI is InChI=1S/C19H25N3O5/c1-3-27-19(26)15-8-5-9-22(11-15)16(23)12-21(2)18(25)14-7-4-6-13(10-14)17(20)24/h4,6-7,10,15H,3,5,8-9,11-12H2,1-2H3,(H2,20,24). The van der Waals surface area contributed by atoms with Crippen LogP contribution in [0.2, 0.25) is 0 Å². The molecule has 1 aliphatic heterocycles. The molecule has 0 aliphatic carbocycles. The predicted octanol–water partition coefficient (Wildman–Crippen LogP) is 0.659. The number of nitrogens with two attached hydrogens (primary N) is 1. The third-order valence-electron chi connectivity index (χ3n) is 4.51. The molecule has 0 saturated carbocycles. The second kappa shape index (κ2) is 9.16. The molecule has 0 aromatic heterocycles. The van der Waals surface area contributed by atoms with Crippen LogP contribution in [0.3, 0.4) is 0 Å². The number of piperidine rings is 1. The number of carbonyl (C=O) groups excluding carboxylic acids is 4. The van der Waals surface area contributed by atoms with Crippen molar-refractivity contribution in [1.29, 1.82) is 0 Å². The van der Waals surface area contributed by atoms with Crippen LogP contribution in [-0.4, -0.2) is 66.8 Å². The Labute approximate surface area is 158 Å². The van der Waals surface area contributed by atoms with Crippen molar-refractivity contribution in [2.45, 2.75) is 19.8 Å². The summed E-state index contributed by atoms with van der Waals surface area (Å²) < 4.78 is 5.04. The Bertz CT molecular complexity index is 734. The number of benzene rings is 1. The highest BCUT2D eigenvalue weighted by atomic mass is 16.5. The van der Waals surface area contributed by atoms with Crippen molar-refractivity contribution in [1.82, 2.24) is 9.80 Å². The summed E-state index contributed by atoms with van der Waals surface area (Å²) in [6, 6.07) is 6.06. The summed E-state index contributed by atoms with van der Waals surface area (Å²) in [5.41, 5.74) is 5.75. The lowest BCUT2D eigenvalue weighted by Crippen LogP contribution is -2.47. The zero-order valence-corrected chi connectivity index (χ0v) is 15.6. The Hall–Kier alpha value is -2.90. The number of hydrogen-bond donors (Lipinski definition) is 1. The van der Waals surface area contributed by atoms with Crippen molar-refractivity contribution in [3.05, 3.63) is 35.4 Å². The third kappa shape index (κ3) is 5.29. The molecule has 3 amide bonds. The number of hydrogen-bond acceptors (Lipinski definition) is 5. The van der Waals surface area contributed by atoms with Gasteiger partial charge in [0, 0.05) is 31.3 Å².